The van der Waals surface area contributed by atoms with Crippen molar-refractivity contribution in [3.8, 4) is 5.75 Å². The lowest BCUT2D eigenvalue weighted by molar-refractivity contribution is -0.156. The minimum absolute atomic E-state index is 0.0764. The molecule has 2 aliphatic rings. The molecule has 1 aliphatic carbocycles. The van der Waals surface area contributed by atoms with Gasteiger partial charge in [0.2, 0.25) is 5.91 Å². The molecule has 4 atom stereocenters. The Morgan fingerprint density at radius 2 is 1.76 bits per heavy atom. The highest BCUT2D eigenvalue weighted by atomic mass is 35.5. The van der Waals surface area contributed by atoms with Crippen LogP contribution in [0.25, 0.3) is 0 Å². The lowest BCUT2D eigenvalue weighted by atomic mass is 9.79. The van der Waals surface area contributed by atoms with Crippen molar-refractivity contribution in [1.82, 2.24) is 10.2 Å². The number of halogens is 1. The molecule has 7 nitrogen and oxygen atoms in total. The fourth-order valence-corrected chi connectivity index (χ4v) is 6.53. The number of rotatable bonds is 9. The summed E-state index contributed by atoms with van der Waals surface area (Å²) in [4.78, 5) is 28.8. The number of nitrogens with zero attached hydrogens (tertiary/aromatic N) is 1. The van der Waals surface area contributed by atoms with Crippen molar-refractivity contribution in [2.24, 2.45) is 11.8 Å². The summed E-state index contributed by atoms with van der Waals surface area (Å²) in [5.41, 5.74) is 0.908. The van der Waals surface area contributed by atoms with Gasteiger partial charge in [-0.05, 0) is 50.5 Å². The number of hydrogen-bond donors (Lipinski definition) is 2. The molecule has 1 saturated carbocycles. The van der Waals surface area contributed by atoms with E-state index in [1.165, 1.54) is 0 Å². The number of carboxylic acid groups (broad SMARTS) is 1. The number of hydrogen-bond acceptors (Lipinski definition) is 5. The SMILES string of the molecule is COc1ccc(Cl)cc1CNC1C(c2ccccc2)N(C(=O)C2CCCCC2)C(C(=O)O)C1C(C)(C)OC. The molecule has 2 aromatic rings. The Bertz CT molecular complexity index is 1120. The van der Waals surface area contributed by atoms with Crippen LogP contribution in [0.3, 0.4) is 0 Å². The second-order valence-corrected chi connectivity index (χ2v) is 11.4. The molecule has 1 aliphatic heterocycles. The first-order valence-corrected chi connectivity index (χ1v) is 13.8. The van der Waals surface area contributed by atoms with E-state index < -0.39 is 35.6 Å². The van der Waals surface area contributed by atoms with E-state index in [4.69, 9.17) is 21.1 Å². The van der Waals surface area contributed by atoms with Gasteiger partial charge >= 0.3 is 5.97 Å². The van der Waals surface area contributed by atoms with Crippen LogP contribution >= 0.6 is 11.6 Å². The van der Waals surface area contributed by atoms with Gasteiger partial charge in [0.25, 0.3) is 0 Å². The Labute approximate surface area is 230 Å². The van der Waals surface area contributed by atoms with Crippen LogP contribution in [0.15, 0.2) is 48.5 Å². The zero-order chi connectivity index (χ0) is 27.4. The van der Waals surface area contributed by atoms with Gasteiger partial charge in [-0.2, -0.15) is 0 Å². The number of carboxylic acids is 1. The smallest absolute Gasteiger partial charge is 0.326 e. The van der Waals surface area contributed by atoms with Crippen LogP contribution in [0, 0.1) is 11.8 Å². The summed E-state index contributed by atoms with van der Waals surface area (Å²) in [5, 5.41) is 14.9. The predicted molar refractivity (Wildman–Crippen MR) is 147 cm³/mol. The van der Waals surface area contributed by atoms with E-state index in [0.29, 0.717) is 17.3 Å². The van der Waals surface area contributed by atoms with Gasteiger partial charge in [-0.1, -0.05) is 61.2 Å². The van der Waals surface area contributed by atoms with Crippen molar-refractivity contribution in [1.29, 1.82) is 0 Å². The van der Waals surface area contributed by atoms with E-state index in [9.17, 15) is 14.7 Å². The number of methoxy groups -OCH3 is 2. The molecule has 0 radical (unpaired) electrons. The van der Waals surface area contributed by atoms with Gasteiger partial charge < -0.3 is 24.8 Å². The first-order valence-electron chi connectivity index (χ1n) is 13.4. The Balaban J connectivity index is 1.83. The number of ether oxygens (including phenoxy) is 2. The van der Waals surface area contributed by atoms with Gasteiger partial charge in [0.1, 0.15) is 11.8 Å². The summed E-state index contributed by atoms with van der Waals surface area (Å²) in [6, 6.07) is 13.2. The maximum absolute atomic E-state index is 14.2. The van der Waals surface area contributed by atoms with E-state index in [0.717, 1.165) is 43.2 Å². The van der Waals surface area contributed by atoms with Gasteiger partial charge in [-0.15, -0.1) is 0 Å². The molecule has 4 unspecified atom stereocenters. The van der Waals surface area contributed by atoms with Crippen LogP contribution in [0.4, 0.5) is 0 Å². The van der Waals surface area contributed by atoms with Crippen molar-refractivity contribution >= 4 is 23.5 Å². The summed E-state index contributed by atoms with van der Waals surface area (Å²) < 4.78 is 11.5. The molecule has 206 valence electrons. The van der Waals surface area contributed by atoms with Gasteiger partial charge in [0, 0.05) is 42.1 Å². The normalized spacial score (nSPS) is 24.4. The largest absolute Gasteiger partial charge is 0.496 e. The predicted octanol–water partition coefficient (Wildman–Crippen LogP) is 5.47. The molecular formula is C30H39ClN2O5. The molecular weight excluding hydrogens is 504 g/mol. The first kappa shape index (κ1) is 28.4. The van der Waals surface area contributed by atoms with Crippen LogP contribution in [-0.4, -0.2) is 53.8 Å². The standard InChI is InChI=1S/C30H39ClN2O5/c1-30(2,38-4)24-25(32-18-21-17-22(31)15-16-23(21)37-3)26(19-11-7-5-8-12-19)33(27(24)29(35)36)28(34)20-13-9-6-10-14-20/h5,7-8,11-12,15-17,20,24-27,32H,6,9-10,13-14,18H2,1-4H3,(H,35,36). The van der Waals surface area contributed by atoms with Gasteiger partial charge in [0.05, 0.1) is 18.8 Å². The van der Waals surface area contributed by atoms with Crippen LogP contribution in [-0.2, 0) is 20.9 Å². The Hall–Kier alpha value is -2.61. The molecule has 1 amide bonds. The average molecular weight is 543 g/mol. The number of likely N-dealkylation sites (tertiary alicyclic amines) is 1. The average Bonchev–Trinajstić information content (AvgIpc) is 3.29. The topological polar surface area (TPSA) is 88.1 Å². The van der Waals surface area contributed by atoms with E-state index in [2.05, 4.69) is 5.32 Å². The van der Waals surface area contributed by atoms with Crippen LogP contribution < -0.4 is 10.1 Å². The minimum atomic E-state index is -1.05. The molecule has 2 fully saturated rings. The number of amides is 1. The number of benzene rings is 2. The second kappa shape index (κ2) is 12.1. The van der Waals surface area contributed by atoms with Crippen LogP contribution in [0.5, 0.6) is 5.75 Å². The van der Waals surface area contributed by atoms with E-state index in [-0.39, 0.29) is 11.8 Å². The molecule has 0 aromatic heterocycles. The number of aliphatic carboxylic acids is 1. The van der Waals surface area contributed by atoms with Gasteiger partial charge in [0.15, 0.2) is 0 Å². The van der Waals surface area contributed by atoms with Crippen molar-refractivity contribution in [3.05, 3.63) is 64.7 Å². The highest BCUT2D eigenvalue weighted by Gasteiger charge is 2.59. The van der Waals surface area contributed by atoms with Crippen molar-refractivity contribution < 1.29 is 24.2 Å². The molecule has 2 N–H and O–H groups in total. The van der Waals surface area contributed by atoms with Crippen LogP contribution in [0.2, 0.25) is 5.02 Å². The van der Waals surface area contributed by atoms with E-state index >= 15 is 0 Å². The Kier molecular flexibility index (Phi) is 9.01. The first-order chi connectivity index (χ1) is 18.2. The Morgan fingerprint density at radius 1 is 1.08 bits per heavy atom. The number of carbonyl (C=O) groups is 2. The van der Waals surface area contributed by atoms with Gasteiger partial charge in [-0.3, -0.25) is 4.79 Å². The zero-order valence-corrected chi connectivity index (χ0v) is 23.4. The molecule has 0 bridgehead atoms. The summed E-state index contributed by atoms with van der Waals surface area (Å²) in [5.74, 6) is -1.12. The maximum atomic E-state index is 14.2. The molecule has 4 rings (SSSR count). The maximum Gasteiger partial charge on any atom is 0.326 e. The molecule has 1 heterocycles. The van der Waals surface area contributed by atoms with E-state index in [1.54, 1.807) is 25.2 Å². The fraction of sp³-hybridized carbons (Fsp3) is 0.533. The molecule has 1 saturated heterocycles. The summed E-state index contributed by atoms with van der Waals surface area (Å²) in [6.45, 7) is 4.18. The second-order valence-electron chi connectivity index (χ2n) is 10.9. The quantitative estimate of drug-likeness (QED) is 0.437. The molecule has 38 heavy (non-hydrogen) atoms. The van der Waals surface area contributed by atoms with Crippen molar-refractivity contribution in [3.63, 3.8) is 0 Å². The number of carbonyl (C=O) groups excluding carboxylic acids is 1. The summed E-state index contributed by atoms with van der Waals surface area (Å²) in [7, 11) is 3.20. The van der Waals surface area contributed by atoms with E-state index in [1.807, 2.05) is 56.3 Å². The highest BCUT2D eigenvalue weighted by molar-refractivity contribution is 6.30. The molecule has 2 aromatic carbocycles. The molecule has 8 heteroatoms. The van der Waals surface area contributed by atoms with Crippen LogP contribution in [0.1, 0.15) is 63.1 Å². The minimum Gasteiger partial charge on any atom is -0.496 e. The third-order valence-corrected chi connectivity index (χ3v) is 8.60. The lowest BCUT2D eigenvalue weighted by Gasteiger charge is -2.37. The lowest BCUT2D eigenvalue weighted by Crippen LogP contribution is -2.53. The van der Waals surface area contributed by atoms with Crippen molar-refractivity contribution in [2.75, 3.05) is 14.2 Å². The third kappa shape index (κ3) is 5.70. The monoisotopic (exact) mass is 542 g/mol. The molecule has 0 spiro atoms. The van der Waals surface area contributed by atoms with Crippen molar-refractivity contribution in [2.45, 2.75) is 76.2 Å². The van der Waals surface area contributed by atoms with Gasteiger partial charge in [-0.25, -0.2) is 4.79 Å². The zero-order valence-electron chi connectivity index (χ0n) is 22.7. The highest BCUT2D eigenvalue weighted by Crippen LogP contribution is 2.47. The summed E-state index contributed by atoms with van der Waals surface area (Å²) >= 11 is 6.30. The summed E-state index contributed by atoms with van der Waals surface area (Å²) in [6.07, 6.45) is 4.67. The number of nitrogens with one attached hydrogen (secondary N) is 1. The fourth-order valence-electron chi connectivity index (χ4n) is 6.34. The Morgan fingerprint density at radius 3 is 2.37 bits per heavy atom. The third-order valence-electron chi connectivity index (χ3n) is 8.37.